The fourth-order valence-electron chi connectivity index (χ4n) is 4.17. The van der Waals surface area contributed by atoms with Crippen molar-refractivity contribution in [2.24, 2.45) is 5.73 Å². The maximum atomic E-state index is 12.6. The average molecular weight is 521 g/mol. The molecule has 1 aliphatic heterocycles. The Kier molecular flexibility index (Phi) is 9.01. The number of aromatic nitrogens is 1. The van der Waals surface area contributed by atoms with Crippen LogP contribution in [0.15, 0.2) is 35.4 Å². The van der Waals surface area contributed by atoms with Crippen LogP contribution < -0.4 is 10.6 Å². The van der Waals surface area contributed by atoms with Crippen molar-refractivity contribution < 1.29 is 14.3 Å². The lowest BCUT2D eigenvalue weighted by Crippen LogP contribution is -2.39. The molecule has 2 amide bonds. The van der Waals surface area contributed by atoms with Crippen LogP contribution in [-0.4, -0.2) is 53.7 Å². The minimum Gasteiger partial charge on any atom is -0.444 e. The highest BCUT2D eigenvalue weighted by Crippen LogP contribution is 2.39. The molecule has 1 aromatic carbocycles. The fourth-order valence-corrected chi connectivity index (χ4v) is 5.22. The molecule has 1 saturated heterocycles. The van der Waals surface area contributed by atoms with Gasteiger partial charge in [-0.3, -0.25) is 4.79 Å². The van der Waals surface area contributed by atoms with Crippen molar-refractivity contribution in [1.29, 1.82) is 10.5 Å². The number of hydrogen-bond acceptors (Lipinski definition) is 8. The lowest BCUT2D eigenvalue weighted by atomic mass is 10.0. The van der Waals surface area contributed by atoms with Crippen molar-refractivity contribution in [3.63, 3.8) is 0 Å². The molecule has 2 N–H and O–H groups in total. The van der Waals surface area contributed by atoms with Gasteiger partial charge in [0.05, 0.1) is 11.1 Å². The van der Waals surface area contributed by atoms with Gasteiger partial charge in [-0.2, -0.15) is 10.5 Å². The van der Waals surface area contributed by atoms with Crippen molar-refractivity contribution >= 4 is 29.6 Å². The van der Waals surface area contributed by atoms with Gasteiger partial charge in [-0.15, -0.1) is 0 Å². The number of pyridine rings is 1. The Morgan fingerprint density at radius 2 is 1.78 bits per heavy atom. The van der Waals surface area contributed by atoms with Crippen molar-refractivity contribution in [2.45, 2.75) is 56.4 Å². The Balaban J connectivity index is 2.00. The van der Waals surface area contributed by atoms with E-state index in [2.05, 4.69) is 12.1 Å². The van der Waals surface area contributed by atoms with Crippen molar-refractivity contribution in [3.05, 3.63) is 52.6 Å². The molecule has 1 atom stereocenters. The van der Waals surface area contributed by atoms with E-state index in [9.17, 15) is 20.1 Å². The number of rotatable bonds is 6. The number of nitrogens with zero attached hydrogens (tertiary/aromatic N) is 5. The maximum Gasteiger partial charge on any atom is 0.410 e. The first kappa shape index (κ1) is 27.8. The minimum atomic E-state index is -0.752. The van der Waals surface area contributed by atoms with Gasteiger partial charge in [0.15, 0.2) is 0 Å². The minimum absolute atomic E-state index is 0.278. The predicted octanol–water partition coefficient (Wildman–Crippen LogP) is 4.15. The molecule has 3 rings (SSSR count). The summed E-state index contributed by atoms with van der Waals surface area (Å²) in [6, 6.07) is 13.5. The van der Waals surface area contributed by atoms with Crippen molar-refractivity contribution in [1.82, 2.24) is 9.88 Å². The monoisotopic (exact) mass is 520 g/mol. The fraction of sp³-hybridized carbons (Fsp3) is 0.444. The number of anilines is 1. The first-order chi connectivity index (χ1) is 17.6. The van der Waals surface area contributed by atoms with Gasteiger partial charge in [-0.1, -0.05) is 49.0 Å². The van der Waals surface area contributed by atoms with Gasteiger partial charge < -0.3 is 20.3 Å². The second-order valence-electron chi connectivity index (χ2n) is 9.67. The SMILES string of the molecule is CCc1c(C#N)c(SC(C(N)=O)c2ccccc2)nc(N2CCCN(C(=O)OC(C)(C)C)CC2)c1C#N. The first-order valence-corrected chi connectivity index (χ1v) is 13.1. The Bertz CT molecular complexity index is 1230. The lowest BCUT2D eigenvalue weighted by molar-refractivity contribution is -0.117. The predicted molar refractivity (Wildman–Crippen MR) is 142 cm³/mol. The second-order valence-corrected chi connectivity index (χ2v) is 10.8. The van der Waals surface area contributed by atoms with E-state index in [-0.39, 0.29) is 11.7 Å². The zero-order valence-electron chi connectivity index (χ0n) is 21.7. The molecule has 10 heteroatoms. The van der Waals surface area contributed by atoms with Crippen molar-refractivity contribution in [2.75, 3.05) is 31.1 Å². The third-order valence-electron chi connectivity index (χ3n) is 5.86. The summed E-state index contributed by atoms with van der Waals surface area (Å²) in [5.74, 6) is -0.100. The van der Waals surface area contributed by atoms with Gasteiger partial charge in [0.2, 0.25) is 5.91 Å². The van der Waals surface area contributed by atoms with Gasteiger partial charge in [0, 0.05) is 26.2 Å². The number of thioether (sulfide) groups is 1. The summed E-state index contributed by atoms with van der Waals surface area (Å²) in [6.07, 6.45) is 0.725. The largest absolute Gasteiger partial charge is 0.444 e. The van der Waals surface area contributed by atoms with Gasteiger partial charge in [0.1, 0.15) is 33.8 Å². The normalized spacial score (nSPS) is 14.8. The van der Waals surface area contributed by atoms with E-state index in [1.165, 1.54) is 0 Å². The van der Waals surface area contributed by atoms with Crippen LogP contribution in [0.25, 0.3) is 0 Å². The molecule has 194 valence electrons. The summed E-state index contributed by atoms with van der Waals surface area (Å²) in [5.41, 5.74) is 7.05. The van der Waals surface area contributed by atoms with Crippen LogP contribution in [0.5, 0.6) is 0 Å². The third-order valence-corrected chi connectivity index (χ3v) is 7.12. The van der Waals surface area contributed by atoms with Gasteiger partial charge in [0.25, 0.3) is 0 Å². The summed E-state index contributed by atoms with van der Waals surface area (Å²) in [6.45, 7) is 9.29. The molecule has 0 saturated carbocycles. The molecule has 2 aromatic rings. The summed E-state index contributed by atoms with van der Waals surface area (Å²) in [7, 11) is 0. The number of nitrogens with two attached hydrogens (primary N) is 1. The quantitative estimate of drug-likeness (QED) is 0.561. The second kappa shape index (κ2) is 12.0. The summed E-state index contributed by atoms with van der Waals surface area (Å²) < 4.78 is 5.53. The van der Waals surface area contributed by atoms with Crippen LogP contribution in [0.1, 0.15) is 61.6 Å². The topological polar surface area (TPSA) is 136 Å². The lowest BCUT2D eigenvalue weighted by Gasteiger charge is -2.27. The first-order valence-electron chi connectivity index (χ1n) is 12.2. The molecule has 0 aliphatic carbocycles. The van der Waals surface area contributed by atoms with E-state index in [4.69, 9.17) is 15.5 Å². The van der Waals surface area contributed by atoms with Gasteiger partial charge in [-0.25, -0.2) is 9.78 Å². The molecule has 1 fully saturated rings. The van der Waals surface area contributed by atoms with E-state index in [0.717, 1.165) is 11.8 Å². The number of hydrogen-bond donors (Lipinski definition) is 1. The van der Waals surface area contributed by atoms with E-state index >= 15 is 0 Å². The highest BCUT2D eigenvalue weighted by Gasteiger charge is 2.29. The average Bonchev–Trinajstić information content (AvgIpc) is 3.12. The molecule has 2 heterocycles. The van der Waals surface area contributed by atoms with Crippen LogP contribution in [0.4, 0.5) is 10.6 Å². The highest BCUT2D eigenvalue weighted by molar-refractivity contribution is 8.00. The smallest absolute Gasteiger partial charge is 0.410 e. The molecule has 9 nitrogen and oxygen atoms in total. The number of nitriles is 2. The Hall–Kier alpha value is -3.76. The van der Waals surface area contributed by atoms with E-state index in [1.807, 2.05) is 50.8 Å². The molecule has 1 aliphatic rings. The molecule has 1 unspecified atom stereocenters. The van der Waals surface area contributed by atoms with Crippen LogP contribution >= 0.6 is 11.8 Å². The standard InChI is InChI=1S/C27H32N6O3S/c1-5-19-20(16-28)24(32-12-9-13-33(15-14-32)26(35)36-27(2,3)4)31-25(21(19)17-29)37-22(23(30)34)18-10-7-6-8-11-18/h6-8,10-11,22H,5,9,12-15H2,1-4H3,(H2,30,34). The Morgan fingerprint density at radius 3 is 2.35 bits per heavy atom. The van der Waals surface area contributed by atoms with E-state index in [1.54, 1.807) is 17.0 Å². The zero-order chi connectivity index (χ0) is 27.2. The number of amides is 2. The van der Waals surface area contributed by atoms with Gasteiger partial charge in [-0.05, 0) is 44.7 Å². The molecule has 1 aromatic heterocycles. The van der Waals surface area contributed by atoms with E-state index < -0.39 is 16.8 Å². The summed E-state index contributed by atoms with van der Waals surface area (Å²) >= 11 is 1.12. The number of carbonyl (C=O) groups excluding carboxylic acids is 2. The zero-order valence-corrected chi connectivity index (χ0v) is 22.5. The van der Waals surface area contributed by atoms with Crippen LogP contribution in [0, 0.1) is 22.7 Å². The number of carbonyl (C=O) groups is 2. The number of benzene rings is 1. The summed E-state index contributed by atoms with van der Waals surface area (Å²) in [5, 5.41) is 19.7. The number of ether oxygens (including phenoxy) is 1. The molecule has 0 radical (unpaired) electrons. The van der Waals surface area contributed by atoms with Crippen LogP contribution in [0.3, 0.4) is 0 Å². The van der Waals surface area contributed by atoms with Gasteiger partial charge >= 0.3 is 6.09 Å². The van der Waals surface area contributed by atoms with Crippen LogP contribution in [-0.2, 0) is 16.0 Å². The number of primary amides is 1. The third kappa shape index (κ3) is 6.72. The maximum absolute atomic E-state index is 12.6. The molecule has 37 heavy (non-hydrogen) atoms. The molecule has 0 spiro atoms. The van der Waals surface area contributed by atoms with Crippen molar-refractivity contribution in [3.8, 4) is 12.1 Å². The molecular weight excluding hydrogens is 488 g/mol. The molecule has 0 bridgehead atoms. The molecular formula is C27H32N6O3S. The van der Waals surface area contributed by atoms with Crippen LogP contribution in [0.2, 0.25) is 0 Å². The highest BCUT2D eigenvalue weighted by atomic mass is 32.2. The Labute approximate surface area is 222 Å². The Morgan fingerprint density at radius 1 is 1.11 bits per heavy atom. The van der Waals surface area contributed by atoms with E-state index in [0.29, 0.717) is 66.6 Å². The summed E-state index contributed by atoms with van der Waals surface area (Å²) in [4.78, 5) is 33.4.